The predicted molar refractivity (Wildman–Crippen MR) is 138 cm³/mol. The van der Waals surface area contributed by atoms with Crippen molar-refractivity contribution in [2.75, 3.05) is 0 Å². The van der Waals surface area contributed by atoms with E-state index < -0.39 is 23.5 Å². The quantitative estimate of drug-likeness (QED) is 0.515. The van der Waals surface area contributed by atoms with Gasteiger partial charge in [-0.15, -0.1) is 11.3 Å². The fourth-order valence-corrected chi connectivity index (χ4v) is 5.09. The van der Waals surface area contributed by atoms with E-state index in [2.05, 4.69) is 23.3 Å². The Hall–Kier alpha value is -1.83. The third-order valence-electron chi connectivity index (χ3n) is 7.19. The second-order valence-electron chi connectivity index (χ2n) is 10.5. The molecule has 190 valence electrons. The number of Topliss-reactive ketones (excluding diaryl/α,β-unsaturated/α-hetero) is 1. The largest absolute Gasteiger partial charge is 0.392 e. The molecule has 0 bridgehead atoms. The molecule has 0 saturated carbocycles. The van der Waals surface area contributed by atoms with Gasteiger partial charge in [0.1, 0.15) is 5.78 Å². The van der Waals surface area contributed by atoms with Gasteiger partial charge in [0.2, 0.25) is 5.91 Å². The van der Waals surface area contributed by atoms with Gasteiger partial charge >= 0.3 is 0 Å². The minimum atomic E-state index is -1.15. The van der Waals surface area contributed by atoms with Crippen LogP contribution in [-0.2, 0) is 9.59 Å². The summed E-state index contributed by atoms with van der Waals surface area (Å²) in [6.07, 6.45) is 5.30. The molecule has 1 aliphatic rings. The number of carbonyl (C=O) groups excluding carboxylic acids is 2. The van der Waals surface area contributed by atoms with Crippen molar-refractivity contribution in [3.05, 3.63) is 33.3 Å². The number of aliphatic hydroxyl groups excluding tert-OH is 2. The summed E-state index contributed by atoms with van der Waals surface area (Å²) >= 11 is 1.58. The van der Waals surface area contributed by atoms with Gasteiger partial charge in [0.25, 0.3) is 0 Å². The minimum absolute atomic E-state index is 0.0320. The van der Waals surface area contributed by atoms with Crippen LogP contribution in [0.25, 0.3) is 6.08 Å². The first-order valence-electron chi connectivity index (χ1n) is 12.3. The van der Waals surface area contributed by atoms with Gasteiger partial charge < -0.3 is 15.5 Å². The first-order chi connectivity index (χ1) is 15.8. The standard InChI is InChI=1S/C27H42N2O4S/c1-16-9-8-10-17(2)25(32)19(4)26(33)27(6,7)23(30)14-24(31)29-22(12-11-16)18(3)13-21-15-34-20(5)28-21/h11,13,15,17,19,22-23,25,30,32H,8-10,12,14H2,1-7H3,(H,29,31)/b16-11-,18-13+/t17-,19+,22?,23+,25-/m1/s1. The van der Waals surface area contributed by atoms with Crippen LogP contribution in [0, 0.1) is 24.2 Å². The molecule has 0 radical (unpaired) electrons. The van der Waals surface area contributed by atoms with Crippen LogP contribution >= 0.6 is 11.3 Å². The zero-order chi connectivity index (χ0) is 25.6. The molecular formula is C27H42N2O4S. The van der Waals surface area contributed by atoms with E-state index in [9.17, 15) is 19.8 Å². The summed E-state index contributed by atoms with van der Waals surface area (Å²) in [4.78, 5) is 30.6. The molecule has 2 rings (SSSR count). The van der Waals surface area contributed by atoms with Crippen LogP contribution in [0.5, 0.6) is 0 Å². The smallest absolute Gasteiger partial charge is 0.223 e. The number of allylic oxidation sites excluding steroid dienone is 1. The highest BCUT2D eigenvalue weighted by atomic mass is 32.1. The average Bonchev–Trinajstić information content (AvgIpc) is 3.18. The molecule has 2 heterocycles. The molecule has 0 aromatic carbocycles. The molecule has 0 saturated heterocycles. The molecule has 6 nitrogen and oxygen atoms in total. The van der Waals surface area contributed by atoms with Gasteiger partial charge in [-0.2, -0.15) is 0 Å². The first kappa shape index (κ1) is 28.4. The highest BCUT2D eigenvalue weighted by Crippen LogP contribution is 2.32. The summed E-state index contributed by atoms with van der Waals surface area (Å²) in [5.74, 6) is -1.18. The lowest BCUT2D eigenvalue weighted by molar-refractivity contribution is -0.143. The van der Waals surface area contributed by atoms with Gasteiger partial charge in [0.05, 0.1) is 40.8 Å². The number of thiazole rings is 1. The predicted octanol–water partition coefficient (Wildman–Crippen LogP) is 4.84. The van der Waals surface area contributed by atoms with Crippen LogP contribution in [-0.4, -0.2) is 45.1 Å². The highest BCUT2D eigenvalue weighted by Gasteiger charge is 2.42. The van der Waals surface area contributed by atoms with Crippen molar-refractivity contribution in [1.29, 1.82) is 0 Å². The fourth-order valence-electron chi connectivity index (χ4n) is 4.52. The molecule has 34 heavy (non-hydrogen) atoms. The van der Waals surface area contributed by atoms with E-state index in [4.69, 9.17) is 0 Å². The van der Waals surface area contributed by atoms with Crippen molar-refractivity contribution in [3.8, 4) is 0 Å². The van der Waals surface area contributed by atoms with Gasteiger partial charge in [0.15, 0.2) is 0 Å². The van der Waals surface area contributed by atoms with E-state index in [1.54, 1.807) is 32.1 Å². The van der Waals surface area contributed by atoms with Gasteiger partial charge in [0, 0.05) is 11.3 Å². The van der Waals surface area contributed by atoms with Crippen LogP contribution in [0.2, 0.25) is 0 Å². The molecule has 1 aromatic heterocycles. The number of aryl methyl sites for hydroxylation is 1. The van der Waals surface area contributed by atoms with Crippen molar-refractivity contribution in [2.45, 2.75) is 98.8 Å². The highest BCUT2D eigenvalue weighted by molar-refractivity contribution is 7.09. The number of nitrogens with zero attached hydrogens (tertiary/aromatic N) is 1. The van der Waals surface area contributed by atoms with Gasteiger partial charge in [-0.05, 0) is 64.0 Å². The van der Waals surface area contributed by atoms with E-state index in [0.717, 1.165) is 35.5 Å². The Bertz CT molecular complexity index is 917. The van der Waals surface area contributed by atoms with Crippen molar-refractivity contribution in [2.24, 2.45) is 17.3 Å². The maximum absolute atomic E-state index is 13.2. The van der Waals surface area contributed by atoms with E-state index in [1.807, 2.05) is 32.2 Å². The third kappa shape index (κ3) is 7.59. The Morgan fingerprint density at radius 3 is 2.53 bits per heavy atom. The number of aromatic nitrogens is 1. The number of amides is 1. The monoisotopic (exact) mass is 490 g/mol. The Labute approximate surface area is 208 Å². The Kier molecular flexibility index (Phi) is 10.2. The Morgan fingerprint density at radius 2 is 1.91 bits per heavy atom. The summed E-state index contributed by atoms with van der Waals surface area (Å²) in [6, 6.07) is -0.233. The molecule has 0 spiro atoms. The molecule has 5 atom stereocenters. The van der Waals surface area contributed by atoms with Crippen LogP contribution in [0.1, 0.15) is 84.3 Å². The van der Waals surface area contributed by atoms with Gasteiger partial charge in [-0.3, -0.25) is 9.59 Å². The summed E-state index contributed by atoms with van der Waals surface area (Å²) in [7, 11) is 0. The summed E-state index contributed by atoms with van der Waals surface area (Å²) < 4.78 is 0. The molecular weight excluding hydrogens is 448 g/mol. The van der Waals surface area contributed by atoms with Crippen LogP contribution in [0.3, 0.4) is 0 Å². The normalized spacial score (nSPS) is 32.1. The fraction of sp³-hybridized carbons (Fsp3) is 0.667. The van der Waals surface area contributed by atoms with Gasteiger partial charge in [-0.25, -0.2) is 4.98 Å². The summed E-state index contributed by atoms with van der Waals surface area (Å²) in [6.45, 7) is 13.0. The maximum Gasteiger partial charge on any atom is 0.223 e. The Morgan fingerprint density at radius 1 is 1.24 bits per heavy atom. The topological polar surface area (TPSA) is 99.5 Å². The molecule has 7 heteroatoms. The van der Waals surface area contributed by atoms with Crippen LogP contribution in [0.15, 0.2) is 22.6 Å². The van der Waals surface area contributed by atoms with Crippen molar-refractivity contribution in [1.82, 2.24) is 10.3 Å². The number of rotatable bonds is 2. The third-order valence-corrected chi connectivity index (χ3v) is 7.98. The second-order valence-corrected chi connectivity index (χ2v) is 11.6. The van der Waals surface area contributed by atoms with Crippen LogP contribution in [0.4, 0.5) is 0 Å². The lowest BCUT2D eigenvalue weighted by Crippen LogP contribution is -2.47. The van der Waals surface area contributed by atoms with Crippen LogP contribution < -0.4 is 5.32 Å². The van der Waals surface area contributed by atoms with Gasteiger partial charge in [-0.1, -0.05) is 39.3 Å². The van der Waals surface area contributed by atoms with Crippen molar-refractivity contribution in [3.63, 3.8) is 0 Å². The van der Waals surface area contributed by atoms with Crippen molar-refractivity contribution < 1.29 is 19.8 Å². The number of hydrogen-bond acceptors (Lipinski definition) is 6. The molecule has 0 fully saturated rings. The maximum atomic E-state index is 13.2. The molecule has 0 aliphatic carbocycles. The number of carbonyl (C=O) groups is 2. The number of ketones is 1. The Balaban J connectivity index is 2.33. The second kappa shape index (κ2) is 12.2. The molecule has 1 amide bonds. The van der Waals surface area contributed by atoms with Crippen molar-refractivity contribution >= 4 is 29.1 Å². The van der Waals surface area contributed by atoms with E-state index in [-0.39, 0.29) is 30.1 Å². The number of hydrogen-bond donors (Lipinski definition) is 3. The van der Waals surface area contributed by atoms with E-state index in [1.165, 1.54) is 5.57 Å². The number of aliphatic hydroxyl groups is 2. The summed E-state index contributed by atoms with van der Waals surface area (Å²) in [5.41, 5.74) is 1.94. The van der Waals surface area contributed by atoms with E-state index >= 15 is 0 Å². The summed E-state index contributed by atoms with van der Waals surface area (Å²) in [5, 5.41) is 27.7. The molecule has 1 unspecified atom stereocenters. The molecule has 3 N–H and O–H groups in total. The average molecular weight is 491 g/mol. The SMILES string of the molecule is C/C1=C/CC(/C(C)=C/c2csc(C)n2)NC(=O)C[C@H](O)C(C)(C)C(=O)[C@@H](C)[C@H](O)[C@H](C)CCC1. The minimum Gasteiger partial charge on any atom is -0.392 e. The molecule has 1 aliphatic heterocycles. The lowest BCUT2D eigenvalue weighted by atomic mass is 9.73. The zero-order valence-corrected chi connectivity index (χ0v) is 22.5. The molecule has 1 aromatic rings. The lowest BCUT2D eigenvalue weighted by Gasteiger charge is -2.34. The van der Waals surface area contributed by atoms with E-state index in [0.29, 0.717) is 6.42 Å². The first-order valence-corrected chi connectivity index (χ1v) is 13.2. The zero-order valence-electron chi connectivity index (χ0n) is 21.7. The number of nitrogens with one attached hydrogen (secondary N) is 1.